The fraction of sp³-hybridized carbons (Fsp3) is 0.750. The van der Waals surface area contributed by atoms with Crippen LogP contribution in [0.25, 0.3) is 0 Å². The molecule has 0 aliphatic heterocycles. The molecule has 104 valence electrons. The van der Waals surface area contributed by atoms with Gasteiger partial charge in [-0.1, -0.05) is 0 Å². The number of halogens is 2. The minimum atomic E-state index is -3.94. The second-order valence-corrected chi connectivity index (χ2v) is 4.86. The zero-order chi connectivity index (χ0) is 13.8. The second kappa shape index (κ2) is 6.16. The summed E-state index contributed by atoms with van der Waals surface area (Å²) in [4.78, 5) is 0. The van der Waals surface area contributed by atoms with Gasteiger partial charge in [-0.25, -0.2) is 22.3 Å². The number of aromatic nitrogens is 3. The number of alkyl halides is 2. The van der Waals surface area contributed by atoms with Crippen molar-refractivity contribution in [3.05, 3.63) is 5.82 Å². The van der Waals surface area contributed by atoms with E-state index in [9.17, 15) is 17.2 Å². The zero-order valence-corrected chi connectivity index (χ0v) is 10.5. The Kier molecular flexibility index (Phi) is 5.11. The highest BCUT2D eigenvalue weighted by Crippen LogP contribution is 2.07. The molecule has 0 radical (unpaired) electrons. The second-order valence-electron chi connectivity index (χ2n) is 3.40. The van der Waals surface area contributed by atoms with Crippen molar-refractivity contribution in [1.82, 2.24) is 14.8 Å². The van der Waals surface area contributed by atoms with E-state index in [0.717, 1.165) is 0 Å². The Morgan fingerprint density at radius 3 is 2.61 bits per heavy atom. The van der Waals surface area contributed by atoms with Gasteiger partial charge in [-0.15, -0.1) is 10.2 Å². The maximum Gasteiger partial charge on any atom is 0.273 e. The van der Waals surface area contributed by atoms with Gasteiger partial charge in [0.15, 0.2) is 0 Å². The molecule has 0 saturated heterocycles. The molecule has 0 bridgehead atoms. The third-order valence-electron chi connectivity index (χ3n) is 2.08. The first-order chi connectivity index (χ1) is 8.36. The van der Waals surface area contributed by atoms with Gasteiger partial charge in [0.05, 0.1) is 6.61 Å². The predicted octanol–water partition coefficient (Wildman–Crippen LogP) is -0.230. The summed E-state index contributed by atoms with van der Waals surface area (Å²) in [6.45, 7) is 1.35. The number of sulfonamides is 1. The lowest BCUT2D eigenvalue weighted by molar-refractivity contribution is 0.0181. The molecule has 0 aromatic carbocycles. The summed E-state index contributed by atoms with van der Waals surface area (Å²) in [7, 11) is -3.94. The molecule has 1 aromatic rings. The van der Waals surface area contributed by atoms with E-state index in [4.69, 9.17) is 5.14 Å². The van der Waals surface area contributed by atoms with Crippen LogP contribution in [0.5, 0.6) is 0 Å². The molecule has 0 fully saturated rings. The molecular formula is C8H14F2N4O3S. The number of rotatable bonds is 7. The lowest BCUT2D eigenvalue weighted by Gasteiger charge is -2.06. The van der Waals surface area contributed by atoms with Gasteiger partial charge in [-0.3, -0.25) is 0 Å². The summed E-state index contributed by atoms with van der Waals surface area (Å²) in [5.74, 6) is 0.329. The Labute approximate surface area is 103 Å². The lowest BCUT2D eigenvalue weighted by Crippen LogP contribution is -2.19. The Morgan fingerprint density at radius 2 is 2.11 bits per heavy atom. The number of primary sulfonamides is 1. The van der Waals surface area contributed by atoms with Gasteiger partial charge in [0.2, 0.25) is 0 Å². The van der Waals surface area contributed by atoms with Crippen molar-refractivity contribution in [3.63, 3.8) is 0 Å². The van der Waals surface area contributed by atoms with Crippen LogP contribution in [0.15, 0.2) is 5.16 Å². The molecule has 1 aromatic heterocycles. The van der Waals surface area contributed by atoms with Crippen LogP contribution in [0.3, 0.4) is 0 Å². The van der Waals surface area contributed by atoms with E-state index in [2.05, 4.69) is 14.9 Å². The molecule has 1 heterocycles. The third kappa shape index (κ3) is 3.96. The van der Waals surface area contributed by atoms with Crippen molar-refractivity contribution in [2.45, 2.75) is 31.5 Å². The van der Waals surface area contributed by atoms with E-state index in [0.29, 0.717) is 12.4 Å². The van der Waals surface area contributed by atoms with E-state index in [1.165, 1.54) is 4.57 Å². The molecule has 0 amide bonds. The Hall–Kier alpha value is -1.13. The normalized spacial score (nSPS) is 12.3. The first-order valence-corrected chi connectivity index (χ1v) is 6.71. The van der Waals surface area contributed by atoms with Crippen molar-refractivity contribution in [3.8, 4) is 0 Å². The van der Waals surface area contributed by atoms with Crippen LogP contribution in [0.4, 0.5) is 8.78 Å². The van der Waals surface area contributed by atoms with Crippen LogP contribution in [0.1, 0.15) is 12.7 Å². The standard InChI is InChI=1S/C8H14F2N4O3S/c1-2-14-7(3-4-17-5-6(9)10)12-13-8(14)18(11,15)16/h6H,2-5H2,1H3,(H2,11,15,16). The third-order valence-corrected chi connectivity index (χ3v) is 2.89. The van der Waals surface area contributed by atoms with Crippen LogP contribution < -0.4 is 5.14 Å². The maximum absolute atomic E-state index is 11.8. The number of ether oxygens (including phenoxy) is 1. The molecule has 0 aliphatic rings. The molecule has 0 unspecified atom stereocenters. The average Bonchev–Trinajstić information content (AvgIpc) is 2.66. The van der Waals surface area contributed by atoms with E-state index in [1.807, 2.05) is 0 Å². The minimum absolute atomic E-state index is 0.00704. The SMILES string of the molecule is CCn1c(CCOCC(F)F)nnc1S(N)(=O)=O. The quantitative estimate of drug-likeness (QED) is 0.697. The molecule has 10 heteroatoms. The molecular weight excluding hydrogens is 270 g/mol. The number of nitrogens with zero attached hydrogens (tertiary/aromatic N) is 3. The summed E-state index contributed by atoms with van der Waals surface area (Å²) in [6, 6.07) is 0. The van der Waals surface area contributed by atoms with E-state index in [-0.39, 0.29) is 18.2 Å². The summed E-state index contributed by atoms with van der Waals surface area (Å²) in [5, 5.41) is 11.7. The summed E-state index contributed by atoms with van der Waals surface area (Å²) in [6.07, 6.45) is -2.35. The molecule has 2 N–H and O–H groups in total. The van der Waals surface area contributed by atoms with Crippen molar-refractivity contribution < 1.29 is 21.9 Å². The van der Waals surface area contributed by atoms with Gasteiger partial charge >= 0.3 is 0 Å². The van der Waals surface area contributed by atoms with Gasteiger partial charge in [0.25, 0.3) is 21.6 Å². The van der Waals surface area contributed by atoms with Gasteiger partial charge in [-0.05, 0) is 6.92 Å². The number of hydrogen-bond donors (Lipinski definition) is 1. The van der Waals surface area contributed by atoms with Gasteiger partial charge in [-0.2, -0.15) is 0 Å². The molecule has 7 nitrogen and oxygen atoms in total. The number of hydrogen-bond acceptors (Lipinski definition) is 5. The number of nitrogens with two attached hydrogens (primary N) is 1. The minimum Gasteiger partial charge on any atom is -0.375 e. The predicted molar refractivity (Wildman–Crippen MR) is 57.6 cm³/mol. The van der Waals surface area contributed by atoms with Crippen molar-refractivity contribution in [2.75, 3.05) is 13.2 Å². The molecule has 0 atom stereocenters. The van der Waals surface area contributed by atoms with Crippen LogP contribution in [-0.4, -0.2) is 42.8 Å². The van der Waals surface area contributed by atoms with Crippen LogP contribution in [0.2, 0.25) is 0 Å². The first kappa shape index (κ1) is 14.9. The van der Waals surface area contributed by atoms with Crippen LogP contribution >= 0.6 is 0 Å². The zero-order valence-electron chi connectivity index (χ0n) is 9.71. The van der Waals surface area contributed by atoms with Crippen molar-refractivity contribution >= 4 is 10.0 Å². The van der Waals surface area contributed by atoms with Crippen molar-refractivity contribution in [2.24, 2.45) is 5.14 Å². The van der Waals surface area contributed by atoms with Crippen LogP contribution in [-0.2, 0) is 27.7 Å². The Bertz CT molecular complexity index is 489. The monoisotopic (exact) mass is 284 g/mol. The smallest absolute Gasteiger partial charge is 0.273 e. The van der Waals surface area contributed by atoms with Crippen molar-refractivity contribution in [1.29, 1.82) is 0 Å². The summed E-state index contributed by atoms with van der Waals surface area (Å²) < 4.78 is 52.0. The molecule has 0 aliphatic carbocycles. The molecule has 18 heavy (non-hydrogen) atoms. The highest BCUT2D eigenvalue weighted by molar-refractivity contribution is 7.89. The Morgan fingerprint density at radius 1 is 1.44 bits per heavy atom. The lowest BCUT2D eigenvalue weighted by atomic mass is 10.4. The fourth-order valence-electron chi connectivity index (χ4n) is 1.37. The van der Waals surface area contributed by atoms with Gasteiger partial charge in [0.1, 0.15) is 12.4 Å². The largest absolute Gasteiger partial charge is 0.375 e. The topological polar surface area (TPSA) is 100 Å². The highest BCUT2D eigenvalue weighted by atomic mass is 32.2. The highest BCUT2D eigenvalue weighted by Gasteiger charge is 2.19. The first-order valence-electron chi connectivity index (χ1n) is 5.17. The fourth-order valence-corrected chi connectivity index (χ4v) is 2.06. The van der Waals surface area contributed by atoms with E-state index >= 15 is 0 Å². The summed E-state index contributed by atoms with van der Waals surface area (Å²) >= 11 is 0. The van der Waals surface area contributed by atoms with Gasteiger partial charge < -0.3 is 9.30 Å². The van der Waals surface area contributed by atoms with E-state index < -0.39 is 23.1 Å². The van der Waals surface area contributed by atoms with Gasteiger partial charge in [0, 0.05) is 13.0 Å². The van der Waals surface area contributed by atoms with E-state index in [1.54, 1.807) is 6.92 Å². The average molecular weight is 284 g/mol. The van der Waals surface area contributed by atoms with Crippen LogP contribution in [0, 0.1) is 0 Å². The Balaban J connectivity index is 2.70. The molecule has 0 spiro atoms. The summed E-state index contributed by atoms with van der Waals surface area (Å²) in [5.41, 5.74) is 0. The maximum atomic E-state index is 11.8. The molecule has 1 rings (SSSR count). The molecule has 0 saturated carbocycles.